The Morgan fingerprint density at radius 2 is 2.04 bits per heavy atom. The van der Waals surface area contributed by atoms with Crippen LogP contribution in [0.4, 0.5) is 17.3 Å². The van der Waals surface area contributed by atoms with Crippen molar-refractivity contribution in [3.05, 3.63) is 42.1 Å². The van der Waals surface area contributed by atoms with Gasteiger partial charge in [0, 0.05) is 24.7 Å². The summed E-state index contributed by atoms with van der Waals surface area (Å²) in [5.41, 5.74) is 8.45. The summed E-state index contributed by atoms with van der Waals surface area (Å²) in [5, 5.41) is 19.8. The number of ether oxygens (including phenoxy) is 1. The van der Waals surface area contributed by atoms with Crippen LogP contribution < -0.4 is 15.8 Å². The maximum Gasteiger partial charge on any atom is 0.243 e. The van der Waals surface area contributed by atoms with Crippen LogP contribution in [0.5, 0.6) is 11.8 Å². The molecule has 4 heterocycles. The number of anilines is 3. The number of nitrogen functional groups attached to an aromatic ring is 1. The minimum absolute atomic E-state index is 0.212. The van der Waals surface area contributed by atoms with Crippen molar-refractivity contribution in [1.29, 1.82) is 5.26 Å². The van der Waals surface area contributed by atoms with Crippen LogP contribution in [0.3, 0.4) is 0 Å². The van der Waals surface area contributed by atoms with Crippen LogP contribution in [-0.2, 0) is 7.05 Å². The molecule has 0 amide bonds. The zero-order chi connectivity index (χ0) is 19.7. The molecule has 11 heteroatoms. The zero-order valence-electron chi connectivity index (χ0n) is 15.0. The van der Waals surface area contributed by atoms with E-state index in [9.17, 15) is 0 Å². The zero-order valence-corrected chi connectivity index (χ0v) is 15.0. The number of imidazole rings is 1. The Morgan fingerprint density at radius 1 is 1.18 bits per heavy atom. The number of fused-ring (bicyclic) bond motifs is 1. The molecule has 0 fully saturated rings. The topological polar surface area (TPSA) is 153 Å². The van der Waals surface area contributed by atoms with E-state index in [1.165, 1.54) is 6.33 Å². The third-order valence-electron chi connectivity index (χ3n) is 3.85. The second kappa shape index (κ2) is 6.76. The minimum Gasteiger partial charge on any atom is -0.419 e. The van der Waals surface area contributed by atoms with E-state index in [0.29, 0.717) is 34.1 Å². The molecule has 28 heavy (non-hydrogen) atoms. The Kier molecular flexibility index (Phi) is 4.13. The number of nitrogens with one attached hydrogen (secondary N) is 1. The van der Waals surface area contributed by atoms with Crippen molar-refractivity contribution >= 4 is 28.5 Å². The van der Waals surface area contributed by atoms with E-state index in [1.54, 1.807) is 36.0 Å². The van der Waals surface area contributed by atoms with E-state index in [0.717, 1.165) is 0 Å². The molecule has 0 aliphatic heterocycles. The smallest absolute Gasteiger partial charge is 0.243 e. The number of rotatable bonds is 4. The lowest BCUT2D eigenvalue weighted by molar-refractivity contribution is 0.435. The third kappa shape index (κ3) is 3.21. The first-order valence-electron chi connectivity index (χ1n) is 8.12. The second-order valence-corrected chi connectivity index (χ2v) is 5.92. The Morgan fingerprint density at radius 3 is 2.79 bits per heavy atom. The summed E-state index contributed by atoms with van der Waals surface area (Å²) < 4.78 is 7.57. The minimum atomic E-state index is 0.212. The van der Waals surface area contributed by atoms with Crippen LogP contribution in [0.1, 0.15) is 11.3 Å². The van der Waals surface area contributed by atoms with Gasteiger partial charge in [-0.05, 0) is 13.0 Å². The lowest BCUT2D eigenvalue weighted by Gasteiger charge is -2.10. The van der Waals surface area contributed by atoms with E-state index in [2.05, 4.69) is 35.5 Å². The molecule has 4 rings (SSSR count). The van der Waals surface area contributed by atoms with Gasteiger partial charge in [-0.3, -0.25) is 0 Å². The van der Waals surface area contributed by atoms with Crippen molar-refractivity contribution in [1.82, 2.24) is 34.7 Å². The Bertz CT molecular complexity index is 1230. The van der Waals surface area contributed by atoms with Gasteiger partial charge in [-0.15, -0.1) is 10.2 Å². The molecule has 0 aromatic carbocycles. The van der Waals surface area contributed by atoms with E-state index in [-0.39, 0.29) is 17.5 Å². The summed E-state index contributed by atoms with van der Waals surface area (Å²) >= 11 is 0. The van der Waals surface area contributed by atoms with Crippen LogP contribution in [0, 0.1) is 18.3 Å². The highest BCUT2D eigenvalue weighted by molar-refractivity contribution is 5.88. The molecule has 4 aromatic rings. The summed E-state index contributed by atoms with van der Waals surface area (Å²) in [5.74, 6) is 1.38. The molecule has 0 aliphatic carbocycles. The summed E-state index contributed by atoms with van der Waals surface area (Å²) in [6, 6.07) is 6.81. The van der Waals surface area contributed by atoms with Gasteiger partial charge < -0.3 is 20.4 Å². The van der Waals surface area contributed by atoms with Gasteiger partial charge in [-0.25, -0.2) is 15.0 Å². The number of pyridine rings is 1. The van der Waals surface area contributed by atoms with Gasteiger partial charge in [-0.2, -0.15) is 10.2 Å². The molecule has 4 aromatic heterocycles. The number of nitriles is 1. The van der Waals surface area contributed by atoms with Crippen molar-refractivity contribution in [2.75, 3.05) is 11.1 Å². The van der Waals surface area contributed by atoms with E-state index < -0.39 is 0 Å². The summed E-state index contributed by atoms with van der Waals surface area (Å²) in [6.45, 7) is 1.77. The number of nitrogens with two attached hydrogens (primary N) is 1. The lowest BCUT2D eigenvalue weighted by Crippen LogP contribution is -2.01. The van der Waals surface area contributed by atoms with Crippen molar-refractivity contribution in [2.24, 2.45) is 7.05 Å². The quantitative estimate of drug-likeness (QED) is 0.541. The van der Waals surface area contributed by atoms with Gasteiger partial charge in [0.2, 0.25) is 11.8 Å². The molecule has 3 N–H and O–H groups in total. The molecular formula is C17H14N10O. The highest BCUT2D eigenvalue weighted by atomic mass is 16.5. The van der Waals surface area contributed by atoms with Gasteiger partial charge in [0.05, 0.1) is 12.0 Å². The molecule has 0 spiro atoms. The summed E-state index contributed by atoms with van der Waals surface area (Å²) in [4.78, 5) is 16.9. The number of hydrogen-bond acceptors (Lipinski definition) is 10. The Balaban J connectivity index is 1.75. The third-order valence-corrected chi connectivity index (χ3v) is 3.85. The first kappa shape index (κ1) is 17.1. The molecule has 11 nitrogen and oxygen atoms in total. The normalized spacial score (nSPS) is 10.6. The van der Waals surface area contributed by atoms with Gasteiger partial charge in [0.1, 0.15) is 29.5 Å². The number of nitrogens with zero attached hydrogens (tertiary/aromatic N) is 8. The number of hydrogen-bond donors (Lipinski definition) is 2. The largest absolute Gasteiger partial charge is 0.419 e. The lowest BCUT2D eigenvalue weighted by atomic mass is 10.3. The number of aryl methyl sites for hydroxylation is 2. The SMILES string of the molecule is Cc1cc(C#N)nnc1Oc1cc(Nc2cc(N)ncn2)c2ncn(C)c2n1. The molecule has 0 atom stereocenters. The predicted octanol–water partition coefficient (Wildman–Crippen LogP) is 1.85. The highest BCUT2D eigenvalue weighted by Gasteiger charge is 2.14. The van der Waals surface area contributed by atoms with Gasteiger partial charge in [0.25, 0.3) is 0 Å². The fourth-order valence-corrected chi connectivity index (χ4v) is 2.53. The molecule has 0 unspecified atom stereocenters. The second-order valence-electron chi connectivity index (χ2n) is 5.92. The van der Waals surface area contributed by atoms with Crippen LogP contribution in [0.25, 0.3) is 11.2 Å². The van der Waals surface area contributed by atoms with Crippen molar-refractivity contribution in [3.8, 4) is 17.8 Å². The van der Waals surface area contributed by atoms with Crippen LogP contribution >= 0.6 is 0 Å². The van der Waals surface area contributed by atoms with Crippen LogP contribution in [0.2, 0.25) is 0 Å². The van der Waals surface area contributed by atoms with Crippen molar-refractivity contribution in [2.45, 2.75) is 6.92 Å². The maximum absolute atomic E-state index is 8.92. The maximum atomic E-state index is 8.92. The summed E-state index contributed by atoms with van der Waals surface area (Å²) in [7, 11) is 1.82. The molecule has 0 saturated heterocycles. The molecule has 0 saturated carbocycles. The fraction of sp³-hybridized carbons (Fsp3) is 0.118. The first-order chi connectivity index (χ1) is 13.5. The Labute approximate surface area is 158 Å². The van der Waals surface area contributed by atoms with Crippen LogP contribution in [-0.4, -0.2) is 34.7 Å². The van der Waals surface area contributed by atoms with Gasteiger partial charge in [0.15, 0.2) is 11.3 Å². The van der Waals surface area contributed by atoms with Crippen molar-refractivity contribution < 1.29 is 4.74 Å². The van der Waals surface area contributed by atoms with Crippen molar-refractivity contribution in [3.63, 3.8) is 0 Å². The molecule has 0 radical (unpaired) electrons. The fourth-order valence-electron chi connectivity index (χ4n) is 2.53. The van der Waals surface area contributed by atoms with E-state index in [1.807, 2.05) is 13.1 Å². The molecular weight excluding hydrogens is 360 g/mol. The first-order valence-corrected chi connectivity index (χ1v) is 8.12. The molecule has 0 bridgehead atoms. The number of aromatic nitrogens is 7. The predicted molar refractivity (Wildman–Crippen MR) is 99.8 cm³/mol. The molecule has 138 valence electrons. The van der Waals surface area contributed by atoms with Gasteiger partial charge >= 0.3 is 0 Å². The van der Waals surface area contributed by atoms with E-state index in [4.69, 9.17) is 15.7 Å². The highest BCUT2D eigenvalue weighted by Crippen LogP contribution is 2.30. The standard InChI is InChI=1S/C17H14N10O/c1-9-3-10(6-18)25-26-17(9)28-14-4-11(15-16(24-14)27(2)8-22-15)23-13-5-12(19)20-7-21-13/h3-5,7-8H,1-2H3,(H3,19,20,21,23,24). The Hall–Kier alpha value is -4.33. The monoisotopic (exact) mass is 374 g/mol. The average molecular weight is 374 g/mol. The van der Waals surface area contributed by atoms with Gasteiger partial charge in [-0.1, -0.05) is 0 Å². The average Bonchev–Trinajstić information content (AvgIpc) is 3.05. The van der Waals surface area contributed by atoms with E-state index >= 15 is 0 Å². The van der Waals surface area contributed by atoms with Crippen LogP contribution in [0.15, 0.2) is 30.9 Å². The summed E-state index contributed by atoms with van der Waals surface area (Å²) in [6.07, 6.45) is 3.01. The molecule has 0 aliphatic rings.